The van der Waals surface area contributed by atoms with Crippen molar-refractivity contribution in [2.75, 3.05) is 0 Å². The van der Waals surface area contributed by atoms with E-state index in [0.717, 1.165) is 38.9 Å². The molecule has 6 nitrogen and oxygen atoms in total. The van der Waals surface area contributed by atoms with Crippen LogP contribution in [0.2, 0.25) is 0 Å². The van der Waals surface area contributed by atoms with Gasteiger partial charge in [0.05, 0.1) is 4.92 Å². The van der Waals surface area contributed by atoms with E-state index in [0.29, 0.717) is 5.71 Å². The first-order chi connectivity index (χ1) is 14.7. The van der Waals surface area contributed by atoms with Crippen LogP contribution in [-0.2, 0) is 15.0 Å². The largest absolute Gasteiger partial charge is 0.332 e. The van der Waals surface area contributed by atoms with Crippen molar-refractivity contribution in [3.63, 3.8) is 0 Å². The molecule has 0 amide bonds. The highest BCUT2D eigenvalue weighted by molar-refractivity contribution is 6.14. The molecule has 0 saturated carbocycles. The fraction of sp³-hybridized carbons (Fsp3) is 0.200. The normalized spacial score (nSPS) is 14.0. The summed E-state index contributed by atoms with van der Waals surface area (Å²) in [6, 6.07) is 18.8. The van der Waals surface area contributed by atoms with Crippen LogP contribution in [0.4, 0.5) is 5.69 Å². The van der Waals surface area contributed by atoms with Crippen molar-refractivity contribution in [2.24, 2.45) is 5.16 Å². The number of hydrogen-bond donors (Lipinski definition) is 0. The summed E-state index contributed by atoms with van der Waals surface area (Å²) in [5, 5.41) is 15.5. The van der Waals surface area contributed by atoms with Gasteiger partial charge in [0.2, 0.25) is 0 Å². The van der Waals surface area contributed by atoms with E-state index in [2.05, 4.69) is 19.0 Å². The molecular formula is C25H22N2O4. The monoisotopic (exact) mass is 414 g/mol. The van der Waals surface area contributed by atoms with E-state index in [-0.39, 0.29) is 10.6 Å². The summed E-state index contributed by atoms with van der Waals surface area (Å²) in [5.41, 5.74) is 6.90. The molecule has 0 heterocycles. The van der Waals surface area contributed by atoms with Crippen LogP contribution in [0, 0.1) is 17.0 Å². The number of nitro groups is 1. The topological polar surface area (TPSA) is 81.8 Å². The smallest absolute Gasteiger partial charge is 0.318 e. The van der Waals surface area contributed by atoms with Gasteiger partial charge in [-0.05, 0) is 46.9 Å². The summed E-state index contributed by atoms with van der Waals surface area (Å²) in [5.74, 6) is -0.493. The molecule has 3 aromatic carbocycles. The minimum absolute atomic E-state index is 0.0804. The molecule has 0 atom stereocenters. The maximum Gasteiger partial charge on any atom is 0.332 e. The minimum atomic E-state index is -0.493. The van der Waals surface area contributed by atoms with Crippen LogP contribution in [0.15, 0.2) is 65.8 Å². The number of nitro benzene ring substituents is 1. The quantitative estimate of drug-likeness (QED) is 0.243. The number of oxime groups is 1. The molecule has 0 spiro atoms. The van der Waals surface area contributed by atoms with E-state index in [1.807, 2.05) is 55.5 Å². The molecule has 0 bridgehead atoms. The lowest BCUT2D eigenvalue weighted by Crippen LogP contribution is -2.16. The van der Waals surface area contributed by atoms with Crippen molar-refractivity contribution in [1.29, 1.82) is 0 Å². The zero-order chi connectivity index (χ0) is 22.3. The first-order valence-electron chi connectivity index (χ1n) is 9.96. The number of aryl methyl sites for hydroxylation is 1. The van der Waals surface area contributed by atoms with E-state index in [1.165, 1.54) is 6.92 Å². The molecule has 156 valence electrons. The van der Waals surface area contributed by atoms with Gasteiger partial charge in [-0.1, -0.05) is 55.4 Å². The third-order valence-corrected chi connectivity index (χ3v) is 5.81. The Hall–Kier alpha value is -3.80. The van der Waals surface area contributed by atoms with Crippen molar-refractivity contribution in [3.8, 4) is 11.1 Å². The van der Waals surface area contributed by atoms with Crippen molar-refractivity contribution < 1.29 is 14.6 Å². The SMILES string of the molecule is CC(=O)ON=C(c1ccc2c(c1)C(C)(C)c1cc([N+](=O)[O-])ccc1-2)c1ccccc1C. The average molecular weight is 414 g/mol. The molecular weight excluding hydrogens is 392 g/mol. The molecule has 0 N–H and O–H groups in total. The zero-order valence-electron chi connectivity index (χ0n) is 17.8. The molecule has 31 heavy (non-hydrogen) atoms. The Labute approximate surface area is 180 Å². The number of carbonyl (C=O) groups is 1. The highest BCUT2D eigenvalue weighted by atomic mass is 16.7. The summed E-state index contributed by atoms with van der Waals surface area (Å²) in [7, 11) is 0. The highest BCUT2D eigenvalue weighted by Gasteiger charge is 2.37. The Morgan fingerprint density at radius 1 is 1.00 bits per heavy atom. The number of non-ortho nitro benzene ring substituents is 1. The van der Waals surface area contributed by atoms with Crippen molar-refractivity contribution in [3.05, 3.63) is 98.6 Å². The molecule has 0 radical (unpaired) electrons. The lowest BCUT2D eigenvalue weighted by atomic mass is 9.81. The Bertz CT molecular complexity index is 1260. The van der Waals surface area contributed by atoms with Crippen LogP contribution in [0.1, 0.15) is 48.6 Å². The van der Waals surface area contributed by atoms with E-state index < -0.39 is 11.4 Å². The number of nitrogens with zero attached hydrogens (tertiary/aromatic N) is 2. The number of carbonyl (C=O) groups excluding carboxylic acids is 1. The summed E-state index contributed by atoms with van der Waals surface area (Å²) in [4.78, 5) is 27.4. The first kappa shape index (κ1) is 20.5. The fourth-order valence-corrected chi connectivity index (χ4v) is 4.19. The number of benzene rings is 3. The maximum atomic E-state index is 11.4. The number of rotatable bonds is 4. The van der Waals surface area contributed by atoms with Crippen molar-refractivity contribution in [2.45, 2.75) is 33.1 Å². The van der Waals surface area contributed by atoms with Gasteiger partial charge in [-0.2, -0.15) is 0 Å². The Morgan fingerprint density at radius 2 is 1.65 bits per heavy atom. The average Bonchev–Trinajstić information content (AvgIpc) is 2.96. The summed E-state index contributed by atoms with van der Waals surface area (Å²) < 4.78 is 0. The van der Waals surface area contributed by atoms with Crippen LogP contribution in [0.3, 0.4) is 0 Å². The molecule has 0 fully saturated rings. The molecule has 0 aromatic heterocycles. The maximum absolute atomic E-state index is 11.4. The van der Waals surface area contributed by atoms with Gasteiger partial charge >= 0.3 is 5.97 Å². The molecule has 0 aliphatic heterocycles. The molecule has 6 heteroatoms. The lowest BCUT2D eigenvalue weighted by molar-refractivity contribution is -0.384. The van der Waals surface area contributed by atoms with Gasteiger partial charge in [0.25, 0.3) is 5.69 Å². The predicted octanol–water partition coefficient (Wildman–Crippen LogP) is 5.53. The van der Waals surface area contributed by atoms with Gasteiger partial charge in [-0.3, -0.25) is 10.1 Å². The summed E-state index contributed by atoms with van der Waals surface area (Å²) in [6.07, 6.45) is 0. The van der Waals surface area contributed by atoms with Crippen LogP contribution in [-0.4, -0.2) is 16.6 Å². The fourth-order valence-electron chi connectivity index (χ4n) is 4.19. The zero-order valence-corrected chi connectivity index (χ0v) is 17.8. The van der Waals surface area contributed by atoms with Gasteiger partial charge < -0.3 is 4.84 Å². The Kier molecular flexibility index (Phi) is 4.93. The van der Waals surface area contributed by atoms with Gasteiger partial charge in [0.1, 0.15) is 5.71 Å². The van der Waals surface area contributed by atoms with Crippen molar-refractivity contribution in [1.82, 2.24) is 0 Å². The molecule has 0 unspecified atom stereocenters. The van der Waals surface area contributed by atoms with Gasteiger partial charge in [-0.25, -0.2) is 4.79 Å². The molecule has 1 aliphatic rings. The molecule has 1 aliphatic carbocycles. The van der Waals surface area contributed by atoms with Crippen LogP contribution >= 0.6 is 0 Å². The third kappa shape index (κ3) is 3.50. The molecule has 3 aromatic rings. The molecule has 4 rings (SSSR count). The highest BCUT2D eigenvalue weighted by Crippen LogP contribution is 2.49. The van der Waals surface area contributed by atoms with Crippen LogP contribution in [0.5, 0.6) is 0 Å². The summed E-state index contributed by atoms with van der Waals surface area (Å²) in [6.45, 7) is 7.41. The van der Waals surface area contributed by atoms with E-state index in [1.54, 1.807) is 12.1 Å². The Balaban J connectivity index is 1.88. The first-order valence-corrected chi connectivity index (χ1v) is 9.96. The second kappa shape index (κ2) is 7.47. The van der Waals surface area contributed by atoms with E-state index >= 15 is 0 Å². The number of fused-ring (bicyclic) bond motifs is 3. The van der Waals surface area contributed by atoms with Gasteiger partial charge in [0, 0.05) is 35.6 Å². The van der Waals surface area contributed by atoms with Crippen LogP contribution < -0.4 is 0 Å². The summed E-state index contributed by atoms with van der Waals surface area (Å²) >= 11 is 0. The van der Waals surface area contributed by atoms with Gasteiger partial charge in [-0.15, -0.1) is 0 Å². The third-order valence-electron chi connectivity index (χ3n) is 5.81. The predicted molar refractivity (Wildman–Crippen MR) is 119 cm³/mol. The second-order valence-corrected chi connectivity index (χ2v) is 8.21. The van der Waals surface area contributed by atoms with Crippen LogP contribution in [0.25, 0.3) is 11.1 Å². The molecule has 0 saturated heterocycles. The van der Waals surface area contributed by atoms with E-state index in [4.69, 9.17) is 4.84 Å². The minimum Gasteiger partial charge on any atom is -0.318 e. The second-order valence-electron chi connectivity index (χ2n) is 8.21. The van der Waals surface area contributed by atoms with E-state index in [9.17, 15) is 14.9 Å². The number of hydrogen-bond acceptors (Lipinski definition) is 5. The standard InChI is InChI=1S/C25H22N2O4/c1-15-7-5-6-8-19(15)24(26-31-16(2)28)17-9-11-20-21-12-10-18(27(29)30)14-23(21)25(3,4)22(20)13-17/h5-14H,1-4H3. The van der Waals surface area contributed by atoms with Gasteiger partial charge in [0.15, 0.2) is 0 Å². The lowest BCUT2D eigenvalue weighted by Gasteiger charge is -2.22. The Morgan fingerprint density at radius 3 is 2.29 bits per heavy atom. The van der Waals surface area contributed by atoms with Crippen molar-refractivity contribution >= 4 is 17.4 Å².